The molecule has 1 N–H and O–H groups in total. The van der Waals surface area contributed by atoms with Crippen LogP contribution in [0.5, 0.6) is 0 Å². The summed E-state index contributed by atoms with van der Waals surface area (Å²) in [5, 5.41) is 12.8. The molecule has 3 saturated heterocycles. The maximum atomic E-state index is 13.3. The number of H-pyrrole nitrogens is 1. The van der Waals surface area contributed by atoms with Crippen molar-refractivity contribution in [1.82, 2.24) is 24.6 Å². The molecule has 2 aromatic rings. The number of nitrogens with zero attached hydrogens (tertiary/aromatic N) is 5. The summed E-state index contributed by atoms with van der Waals surface area (Å²) in [4.78, 5) is 25.2. The minimum absolute atomic E-state index is 0.0944. The molecule has 1 amide bonds. The van der Waals surface area contributed by atoms with Crippen LogP contribution in [0.2, 0.25) is 0 Å². The fraction of sp³-hybridized carbons (Fsp3) is 0.471. The van der Waals surface area contributed by atoms with Gasteiger partial charge < -0.3 is 4.90 Å². The average molecular weight is 402 g/mol. The first kappa shape index (κ1) is 17.4. The first-order chi connectivity index (χ1) is 13.5. The second kappa shape index (κ2) is 6.17. The summed E-state index contributed by atoms with van der Waals surface area (Å²) in [5.74, 6) is 0.0372. The number of carbonyl (C=O) groups excluding carboxylic acids is 1. The number of nitrogens with one attached hydrogen (secondary N) is 1. The zero-order valence-electron chi connectivity index (χ0n) is 14.8. The predicted octanol–water partition coefficient (Wildman–Crippen LogP) is 1.13. The van der Waals surface area contributed by atoms with Crippen LogP contribution in [0.25, 0.3) is 0 Å². The van der Waals surface area contributed by atoms with Gasteiger partial charge in [0.15, 0.2) is 5.69 Å². The van der Waals surface area contributed by atoms with Crippen molar-refractivity contribution >= 4 is 21.6 Å². The van der Waals surface area contributed by atoms with Gasteiger partial charge in [-0.2, -0.15) is 19.7 Å². The third-order valence-corrected chi connectivity index (χ3v) is 8.18. The van der Waals surface area contributed by atoms with Crippen molar-refractivity contribution in [1.29, 1.82) is 0 Å². The molecule has 1 aromatic heterocycles. The fourth-order valence-electron chi connectivity index (χ4n) is 5.13. The Hall–Kier alpha value is -2.66. The molecule has 3 fully saturated rings. The van der Waals surface area contributed by atoms with Gasteiger partial charge in [0.2, 0.25) is 10.0 Å². The lowest BCUT2D eigenvalue weighted by molar-refractivity contribution is 0.0767. The second-order valence-corrected chi connectivity index (χ2v) is 9.37. The molecule has 0 saturated carbocycles. The van der Waals surface area contributed by atoms with Gasteiger partial charge in [-0.25, -0.2) is 8.42 Å². The average Bonchev–Trinajstić information content (AvgIpc) is 3.48. The van der Waals surface area contributed by atoms with Crippen LogP contribution in [0.4, 0.5) is 5.69 Å². The van der Waals surface area contributed by atoms with E-state index in [2.05, 4.69) is 20.6 Å². The number of sulfonamides is 1. The Balaban J connectivity index is 1.41. The number of carbonyl (C=O) groups is 1. The summed E-state index contributed by atoms with van der Waals surface area (Å²) in [6.07, 6.45) is 2.96. The van der Waals surface area contributed by atoms with Crippen molar-refractivity contribution < 1.29 is 13.2 Å². The van der Waals surface area contributed by atoms with Crippen LogP contribution in [0.1, 0.15) is 23.3 Å². The van der Waals surface area contributed by atoms with Crippen LogP contribution in [0.15, 0.2) is 40.5 Å². The number of fused-ring (bicyclic) bond motifs is 5. The van der Waals surface area contributed by atoms with Gasteiger partial charge in [-0.3, -0.25) is 4.79 Å². The van der Waals surface area contributed by atoms with Gasteiger partial charge in [0.25, 0.3) is 5.91 Å². The van der Waals surface area contributed by atoms with E-state index < -0.39 is 10.0 Å². The number of hydrogen-bond acceptors (Lipinski definition) is 7. The van der Waals surface area contributed by atoms with Crippen LogP contribution in [0.3, 0.4) is 0 Å². The molecule has 11 heteroatoms. The number of rotatable bonds is 4. The first-order valence-corrected chi connectivity index (χ1v) is 10.6. The highest BCUT2D eigenvalue weighted by atomic mass is 32.2. The molecule has 28 heavy (non-hydrogen) atoms. The number of amides is 1. The van der Waals surface area contributed by atoms with Crippen molar-refractivity contribution in [3.8, 4) is 0 Å². The Kier molecular flexibility index (Phi) is 3.85. The largest absolute Gasteiger partial charge is 0.336 e. The van der Waals surface area contributed by atoms with E-state index in [0.29, 0.717) is 13.1 Å². The number of nitroso groups, excluding NO2 is 1. The number of aromatic amines is 1. The Bertz CT molecular complexity index is 1020. The number of hydrogen-bond donors (Lipinski definition) is 1. The molecule has 3 aliphatic rings. The highest BCUT2D eigenvalue weighted by Gasteiger charge is 2.60. The Morgan fingerprint density at radius 1 is 1.18 bits per heavy atom. The van der Waals surface area contributed by atoms with Gasteiger partial charge >= 0.3 is 0 Å². The molecule has 0 unspecified atom stereocenters. The SMILES string of the molecule is O=Nc1cccc(S(=O)(=O)N2[C@@H]3CC[C@H]2[C@@H]2CN(C(=O)c4cn[nH]n4)C[C@@H]23)c1. The van der Waals surface area contributed by atoms with Gasteiger partial charge in [0.1, 0.15) is 5.69 Å². The molecule has 3 aliphatic heterocycles. The van der Waals surface area contributed by atoms with Crippen molar-refractivity contribution in [3.05, 3.63) is 41.1 Å². The van der Waals surface area contributed by atoms with Crippen molar-refractivity contribution in [2.24, 2.45) is 17.0 Å². The standard InChI is InChI=1S/C17H18N6O4S/c24-17(14-7-18-21-19-14)22-8-12-13(9-22)16-5-4-15(12)23(16)28(26,27)11-3-1-2-10(6-11)20-25/h1-3,6-7,12-13,15-16H,4-5,8-9H2,(H,18,19,21)/t12-,13+,15+,16-. The molecule has 1 aromatic carbocycles. The number of likely N-dealkylation sites (tertiary alicyclic amines) is 1. The lowest BCUT2D eigenvalue weighted by Gasteiger charge is -2.26. The Morgan fingerprint density at radius 3 is 2.50 bits per heavy atom. The molecular weight excluding hydrogens is 384 g/mol. The van der Waals surface area contributed by atoms with E-state index in [1.165, 1.54) is 30.5 Å². The zero-order chi connectivity index (χ0) is 19.5. The van der Waals surface area contributed by atoms with Gasteiger partial charge in [-0.1, -0.05) is 6.07 Å². The summed E-state index contributed by atoms with van der Waals surface area (Å²) < 4.78 is 28.2. The van der Waals surface area contributed by atoms with E-state index in [-0.39, 0.29) is 46.1 Å². The molecule has 0 aliphatic carbocycles. The van der Waals surface area contributed by atoms with Crippen LogP contribution in [0, 0.1) is 16.7 Å². The second-order valence-electron chi connectivity index (χ2n) is 7.53. The topological polar surface area (TPSA) is 129 Å². The van der Waals surface area contributed by atoms with E-state index >= 15 is 0 Å². The van der Waals surface area contributed by atoms with Crippen LogP contribution < -0.4 is 0 Å². The maximum absolute atomic E-state index is 13.3. The number of benzene rings is 1. The number of aromatic nitrogens is 3. The van der Waals surface area contributed by atoms with Crippen molar-refractivity contribution in [2.75, 3.05) is 13.1 Å². The third kappa shape index (κ3) is 2.42. The normalized spacial score (nSPS) is 29.2. The first-order valence-electron chi connectivity index (χ1n) is 9.12. The Labute approximate surface area is 160 Å². The molecule has 4 atom stereocenters. The Morgan fingerprint density at radius 2 is 1.89 bits per heavy atom. The molecular formula is C17H18N6O4S. The zero-order valence-corrected chi connectivity index (χ0v) is 15.6. The molecule has 5 rings (SSSR count). The van der Waals surface area contributed by atoms with Gasteiger partial charge in [0.05, 0.1) is 11.1 Å². The van der Waals surface area contributed by atoms with Crippen molar-refractivity contribution in [3.63, 3.8) is 0 Å². The van der Waals surface area contributed by atoms with E-state index in [1.807, 2.05) is 0 Å². The van der Waals surface area contributed by atoms with Crippen LogP contribution in [-0.4, -0.2) is 64.1 Å². The molecule has 0 spiro atoms. The smallest absolute Gasteiger partial charge is 0.276 e. The highest BCUT2D eigenvalue weighted by molar-refractivity contribution is 7.89. The third-order valence-electron chi connectivity index (χ3n) is 6.23. The van der Waals surface area contributed by atoms with Crippen LogP contribution >= 0.6 is 0 Å². The van der Waals surface area contributed by atoms with E-state index in [0.717, 1.165) is 12.8 Å². The molecule has 10 nitrogen and oxygen atoms in total. The summed E-state index contributed by atoms with van der Waals surface area (Å²) in [6.45, 7) is 1.03. The molecule has 2 bridgehead atoms. The minimum atomic E-state index is -3.73. The summed E-state index contributed by atoms with van der Waals surface area (Å²) in [6, 6.07) is 5.55. The van der Waals surface area contributed by atoms with E-state index in [4.69, 9.17) is 0 Å². The quantitative estimate of drug-likeness (QED) is 0.763. The maximum Gasteiger partial charge on any atom is 0.276 e. The van der Waals surface area contributed by atoms with Gasteiger partial charge in [-0.15, -0.1) is 4.91 Å². The monoisotopic (exact) mass is 402 g/mol. The lowest BCUT2D eigenvalue weighted by atomic mass is 9.82. The van der Waals surface area contributed by atoms with E-state index in [9.17, 15) is 18.1 Å². The minimum Gasteiger partial charge on any atom is -0.336 e. The van der Waals surface area contributed by atoms with Gasteiger partial charge in [0, 0.05) is 25.2 Å². The van der Waals surface area contributed by atoms with Crippen molar-refractivity contribution in [2.45, 2.75) is 29.8 Å². The summed E-state index contributed by atoms with van der Waals surface area (Å²) in [5.41, 5.74) is 0.368. The molecule has 146 valence electrons. The molecule has 0 radical (unpaired) electrons. The highest BCUT2D eigenvalue weighted by Crippen LogP contribution is 2.51. The predicted molar refractivity (Wildman–Crippen MR) is 97.0 cm³/mol. The fourth-order valence-corrected chi connectivity index (χ4v) is 7.13. The van der Waals surface area contributed by atoms with Crippen LogP contribution in [-0.2, 0) is 10.0 Å². The molecule has 4 heterocycles. The lowest BCUT2D eigenvalue weighted by Crippen LogP contribution is -2.41. The van der Waals surface area contributed by atoms with E-state index in [1.54, 1.807) is 9.21 Å². The van der Waals surface area contributed by atoms with Gasteiger partial charge in [-0.05, 0) is 48.1 Å². The summed E-state index contributed by atoms with van der Waals surface area (Å²) >= 11 is 0. The summed E-state index contributed by atoms with van der Waals surface area (Å²) in [7, 11) is -3.73.